The van der Waals surface area contributed by atoms with Crippen LogP contribution in [0.2, 0.25) is 0 Å². The van der Waals surface area contributed by atoms with Crippen LogP contribution in [-0.4, -0.2) is 30.4 Å². The van der Waals surface area contributed by atoms with Gasteiger partial charge in [-0.25, -0.2) is 0 Å². The van der Waals surface area contributed by atoms with E-state index in [0.717, 1.165) is 0 Å². The van der Waals surface area contributed by atoms with E-state index in [1.165, 1.54) is 14.2 Å². The molecular weight excluding hydrogens is 248 g/mol. The van der Waals surface area contributed by atoms with E-state index in [1.807, 2.05) is 6.92 Å². The van der Waals surface area contributed by atoms with Crippen molar-refractivity contribution in [2.45, 2.75) is 25.9 Å². The summed E-state index contributed by atoms with van der Waals surface area (Å²) in [7, 11) is 2.99. The Morgan fingerprint density at radius 1 is 1.32 bits per heavy atom. The number of methoxy groups -OCH3 is 2. The van der Waals surface area contributed by atoms with Crippen molar-refractivity contribution in [2.75, 3.05) is 14.2 Å². The molecule has 0 saturated heterocycles. The predicted octanol–water partition coefficient (Wildman–Crippen LogP) is 2.24. The molecule has 0 aliphatic rings. The topological polar surface area (TPSA) is 76.0 Å². The number of rotatable bonds is 7. The lowest BCUT2D eigenvalue weighted by Gasteiger charge is -2.21. The molecule has 2 unspecified atom stereocenters. The summed E-state index contributed by atoms with van der Waals surface area (Å²) in [6.45, 7) is 1.88. The number of aliphatic hydroxyl groups is 1. The fraction of sp³-hybridized carbons (Fsp3) is 0.500. The molecule has 0 aliphatic carbocycles. The number of carboxylic acids is 1. The number of hydrogen-bond donors (Lipinski definition) is 2. The van der Waals surface area contributed by atoms with Crippen LogP contribution in [0, 0.1) is 5.92 Å². The Morgan fingerprint density at radius 3 is 2.47 bits per heavy atom. The van der Waals surface area contributed by atoms with Gasteiger partial charge in [-0.15, -0.1) is 0 Å². The van der Waals surface area contributed by atoms with Gasteiger partial charge in [-0.3, -0.25) is 4.79 Å². The number of benzene rings is 1. The smallest absolute Gasteiger partial charge is 0.309 e. The summed E-state index contributed by atoms with van der Waals surface area (Å²) in [5, 5.41) is 19.5. The van der Waals surface area contributed by atoms with Crippen LogP contribution in [0.4, 0.5) is 0 Å². The highest BCUT2D eigenvalue weighted by Gasteiger charge is 2.29. The summed E-state index contributed by atoms with van der Waals surface area (Å²) in [5.41, 5.74) is 0.433. The number of aliphatic hydroxyl groups excluding tert-OH is 1. The molecule has 0 bridgehead atoms. The summed E-state index contributed by atoms with van der Waals surface area (Å²) >= 11 is 0. The standard InChI is InChI=1S/C14H20O5/c1-4-5-10(14(16)17)13(15)11-8-9(18-2)6-7-12(11)19-3/h6-8,10,13,15H,4-5H2,1-3H3,(H,16,17). The van der Waals surface area contributed by atoms with Crippen molar-refractivity contribution in [1.82, 2.24) is 0 Å². The predicted molar refractivity (Wildman–Crippen MR) is 70.5 cm³/mol. The maximum atomic E-state index is 11.2. The molecule has 2 atom stereocenters. The normalized spacial score (nSPS) is 13.7. The van der Waals surface area contributed by atoms with Crippen molar-refractivity contribution >= 4 is 5.97 Å². The molecule has 19 heavy (non-hydrogen) atoms. The summed E-state index contributed by atoms with van der Waals surface area (Å²) < 4.78 is 10.3. The first-order valence-electron chi connectivity index (χ1n) is 6.17. The number of aliphatic carboxylic acids is 1. The van der Waals surface area contributed by atoms with Crippen molar-refractivity contribution in [2.24, 2.45) is 5.92 Å². The number of hydrogen-bond acceptors (Lipinski definition) is 4. The third-order valence-corrected chi connectivity index (χ3v) is 3.05. The van der Waals surface area contributed by atoms with Crippen molar-refractivity contribution in [3.05, 3.63) is 23.8 Å². The molecule has 0 fully saturated rings. The molecule has 0 aromatic heterocycles. The van der Waals surface area contributed by atoms with Gasteiger partial charge < -0.3 is 19.7 Å². The van der Waals surface area contributed by atoms with E-state index < -0.39 is 18.0 Å². The number of carboxylic acid groups (broad SMARTS) is 1. The molecule has 1 aromatic rings. The summed E-state index contributed by atoms with van der Waals surface area (Å²) in [6.07, 6.45) is -0.0422. The fourth-order valence-corrected chi connectivity index (χ4v) is 2.01. The molecule has 0 radical (unpaired) electrons. The van der Waals surface area contributed by atoms with Gasteiger partial charge in [-0.2, -0.15) is 0 Å². The first-order chi connectivity index (χ1) is 9.04. The van der Waals surface area contributed by atoms with Crippen LogP contribution in [0.1, 0.15) is 31.4 Å². The van der Waals surface area contributed by atoms with Crippen LogP contribution in [-0.2, 0) is 4.79 Å². The Kier molecular flexibility index (Phi) is 5.63. The van der Waals surface area contributed by atoms with Crippen molar-refractivity contribution in [1.29, 1.82) is 0 Å². The van der Waals surface area contributed by atoms with Crippen LogP contribution in [0.3, 0.4) is 0 Å². The van der Waals surface area contributed by atoms with E-state index in [9.17, 15) is 15.0 Å². The van der Waals surface area contributed by atoms with Crippen LogP contribution < -0.4 is 9.47 Å². The van der Waals surface area contributed by atoms with E-state index in [1.54, 1.807) is 18.2 Å². The molecule has 5 nitrogen and oxygen atoms in total. The van der Waals surface area contributed by atoms with E-state index >= 15 is 0 Å². The van der Waals surface area contributed by atoms with Gasteiger partial charge in [0.2, 0.25) is 0 Å². The van der Waals surface area contributed by atoms with Crippen molar-refractivity contribution < 1.29 is 24.5 Å². The van der Waals surface area contributed by atoms with Crippen molar-refractivity contribution in [3.63, 3.8) is 0 Å². The highest BCUT2D eigenvalue weighted by Crippen LogP contribution is 2.35. The lowest BCUT2D eigenvalue weighted by atomic mass is 9.91. The van der Waals surface area contributed by atoms with Gasteiger partial charge in [0.25, 0.3) is 0 Å². The molecule has 5 heteroatoms. The Morgan fingerprint density at radius 2 is 2.00 bits per heavy atom. The van der Waals surface area contributed by atoms with Crippen LogP contribution in [0.5, 0.6) is 11.5 Å². The van der Waals surface area contributed by atoms with Gasteiger partial charge in [-0.05, 0) is 24.6 Å². The summed E-state index contributed by atoms with van der Waals surface area (Å²) in [4.78, 5) is 11.2. The Bertz CT molecular complexity index is 430. The second-order valence-corrected chi connectivity index (χ2v) is 4.29. The third-order valence-electron chi connectivity index (χ3n) is 3.05. The van der Waals surface area contributed by atoms with Gasteiger partial charge >= 0.3 is 5.97 Å². The lowest BCUT2D eigenvalue weighted by molar-refractivity contribution is -0.146. The van der Waals surface area contributed by atoms with Crippen molar-refractivity contribution in [3.8, 4) is 11.5 Å². The van der Waals surface area contributed by atoms with Crippen LogP contribution >= 0.6 is 0 Å². The second kappa shape index (κ2) is 6.99. The monoisotopic (exact) mass is 268 g/mol. The molecular formula is C14H20O5. The Hall–Kier alpha value is -1.75. The Balaban J connectivity index is 3.14. The molecule has 2 N–H and O–H groups in total. The molecule has 106 valence electrons. The average Bonchev–Trinajstić information content (AvgIpc) is 2.42. The van der Waals surface area contributed by atoms with E-state index in [4.69, 9.17) is 9.47 Å². The fourth-order valence-electron chi connectivity index (χ4n) is 2.01. The first kappa shape index (κ1) is 15.3. The first-order valence-corrected chi connectivity index (χ1v) is 6.17. The molecule has 0 heterocycles. The summed E-state index contributed by atoms with van der Waals surface area (Å²) in [6, 6.07) is 4.96. The highest BCUT2D eigenvalue weighted by atomic mass is 16.5. The van der Waals surface area contributed by atoms with Gasteiger partial charge in [0.05, 0.1) is 26.2 Å². The quantitative estimate of drug-likeness (QED) is 0.793. The van der Waals surface area contributed by atoms with E-state index in [-0.39, 0.29) is 0 Å². The van der Waals surface area contributed by atoms with Crippen LogP contribution in [0.25, 0.3) is 0 Å². The maximum Gasteiger partial charge on any atom is 0.309 e. The molecule has 0 aliphatic heterocycles. The SMILES string of the molecule is CCCC(C(=O)O)C(O)c1cc(OC)ccc1OC. The molecule has 1 rings (SSSR count). The third kappa shape index (κ3) is 3.61. The maximum absolute atomic E-state index is 11.2. The second-order valence-electron chi connectivity index (χ2n) is 4.29. The number of ether oxygens (including phenoxy) is 2. The van der Waals surface area contributed by atoms with Crippen LogP contribution in [0.15, 0.2) is 18.2 Å². The number of carbonyl (C=O) groups is 1. The highest BCUT2D eigenvalue weighted by molar-refractivity contribution is 5.71. The minimum Gasteiger partial charge on any atom is -0.497 e. The largest absolute Gasteiger partial charge is 0.497 e. The lowest BCUT2D eigenvalue weighted by Crippen LogP contribution is -2.22. The molecule has 0 saturated carbocycles. The summed E-state index contributed by atoms with van der Waals surface area (Å²) in [5.74, 6) is -0.864. The molecule has 1 aromatic carbocycles. The van der Waals surface area contributed by atoms with E-state index in [0.29, 0.717) is 29.9 Å². The zero-order chi connectivity index (χ0) is 14.4. The minimum absolute atomic E-state index is 0.400. The molecule has 0 amide bonds. The van der Waals surface area contributed by atoms with Gasteiger partial charge in [0.15, 0.2) is 0 Å². The zero-order valence-electron chi connectivity index (χ0n) is 11.4. The molecule has 0 spiro atoms. The van der Waals surface area contributed by atoms with Gasteiger partial charge in [0, 0.05) is 5.56 Å². The van der Waals surface area contributed by atoms with Gasteiger partial charge in [-0.1, -0.05) is 13.3 Å². The van der Waals surface area contributed by atoms with E-state index in [2.05, 4.69) is 0 Å². The van der Waals surface area contributed by atoms with Gasteiger partial charge in [0.1, 0.15) is 11.5 Å². The average molecular weight is 268 g/mol. The zero-order valence-corrected chi connectivity index (χ0v) is 11.4. The minimum atomic E-state index is -1.12. The Labute approximate surface area is 112 Å².